The zero-order valence-electron chi connectivity index (χ0n) is 73.8. The van der Waals surface area contributed by atoms with Gasteiger partial charge in [0.25, 0.3) is 0 Å². The molecule has 0 saturated heterocycles. The Morgan fingerprint density at radius 2 is 0.715 bits per heavy atom. The fourth-order valence-electron chi connectivity index (χ4n) is 22.2. The molecule has 14 heteroatoms. The number of allylic oxidation sites excluding steroid dienone is 14. The number of hydrogen-bond acceptors (Lipinski definition) is 8. The number of rotatable bonds is 10. The lowest BCUT2D eigenvalue weighted by atomic mass is 9.69. The summed E-state index contributed by atoms with van der Waals surface area (Å²) in [6, 6.07) is 137. The molecule has 0 radical (unpaired) electrons. The molecule has 0 aliphatic heterocycles. The van der Waals surface area contributed by atoms with Crippen molar-refractivity contribution < 1.29 is 13.7 Å². The first-order valence-corrected chi connectivity index (χ1v) is 51.4. The van der Waals surface area contributed by atoms with Crippen LogP contribution in [0.3, 0.4) is 0 Å². The van der Waals surface area contributed by atoms with Crippen molar-refractivity contribution in [1.82, 2.24) is 38.1 Å². The first kappa shape index (κ1) is 80.0. The lowest BCUT2D eigenvalue weighted by Gasteiger charge is -2.37. The monoisotopic (exact) mass is 1810 g/mol. The van der Waals surface area contributed by atoms with Crippen LogP contribution in [0.25, 0.3) is 170 Å². The largest absolute Gasteiger partial charge is 0.309 e. The number of benzene rings is 18. The molecule has 25 aromatic rings. The molecule has 4 unspecified atom stereocenters. The van der Waals surface area contributed by atoms with E-state index >= 15 is 13.7 Å². The van der Waals surface area contributed by atoms with Crippen LogP contribution in [-0.4, -0.2) is 38.1 Å². The van der Waals surface area contributed by atoms with Gasteiger partial charge in [0, 0.05) is 115 Å². The zero-order chi connectivity index (χ0) is 90.8. The first-order valence-electron chi connectivity index (χ1n) is 46.3. The summed E-state index contributed by atoms with van der Waals surface area (Å²) in [4.78, 5) is 24.8. The van der Waals surface area contributed by atoms with E-state index in [1.807, 2.05) is 164 Å². The van der Waals surface area contributed by atoms with Crippen LogP contribution in [0.15, 0.2) is 495 Å². The van der Waals surface area contributed by atoms with Gasteiger partial charge in [-0.2, -0.15) is 0 Å². The molecule has 7 aromatic heterocycles. The van der Waals surface area contributed by atoms with E-state index in [1.54, 1.807) is 12.4 Å². The number of nitrogens with zero attached hydrogens (tertiary/aromatic N) is 8. The van der Waals surface area contributed by atoms with E-state index in [-0.39, 0.29) is 5.92 Å². The van der Waals surface area contributed by atoms with Crippen molar-refractivity contribution in [3.05, 3.63) is 495 Å². The Balaban J connectivity index is 0.000000104. The van der Waals surface area contributed by atoms with Gasteiger partial charge in [-0.15, -0.1) is 0 Å². The van der Waals surface area contributed by atoms with Crippen molar-refractivity contribution in [2.24, 2.45) is 5.92 Å². The van der Waals surface area contributed by atoms with Crippen molar-refractivity contribution in [2.45, 2.75) is 6.42 Å². The van der Waals surface area contributed by atoms with Crippen LogP contribution < -0.4 is 42.4 Å². The third kappa shape index (κ3) is 12.4. The van der Waals surface area contributed by atoms with Crippen LogP contribution in [0.5, 0.6) is 0 Å². The van der Waals surface area contributed by atoms with Crippen LogP contribution in [0.4, 0.5) is 0 Å². The molecular weight excluding hydrogens is 1730 g/mol. The summed E-state index contributed by atoms with van der Waals surface area (Å²) >= 11 is 0. The molecular formula is C123H79N8O3P3. The summed E-state index contributed by atoms with van der Waals surface area (Å²) in [7, 11) is -9.91. The quantitative estimate of drug-likeness (QED) is 0.0978. The van der Waals surface area contributed by atoms with E-state index in [1.165, 1.54) is 87.1 Å². The van der Waals surface area contributed by atoms with E-state index in [2.05, 4.69) is 308 Å². The van der Waals surface area contributed by atoms with Gasteiger partial charge in [-0.05, 0) is 193 Å². The zero-order valence-corrected chi connectivity index (χ0v) is 76.5. The van der Waals surface area contributed by atoms with Gasteiger partial charge < -0.3 is 13.7 Å². The normalized spacial score (nSPS) is 15.4. The predicted octanol–water partition coefficient (Wildman–Crippen LogP) is 27.2. The topological polar surface area (TPSA) is 129 Å². The molecule has 0 spiro atoms. The maximum absolute atomic E-state index is 16.0. The molecule has 7 heterocycles. The molecule has 29 rings (SSSR count). The van der Waals surface area contributed by atoms with Gasteiger partial charge in [0.15, 0.2) is 21.4 Å². The molecule has 0 amide bonds. The Bertz CT molecular complexity index is 9950. The number of imidazole rings is 3. The Kier molecular flexibility index (Phi) is 18.4. The molecule has 137 heavy (non-hydrogen) atoms. The third-order valence-electron chi connectivity index (χ3n) is 28.4. The van der Waals surface area contributed by atoms with E-state index < -0.39 is 21.4 Å². The minimum Gasteiger partial charge on any atom is -0.309 e. The minimum absolute atomic E-state index is 0.191. The number of fused-ring (bicyclic) bond motifs is 31. The van der Waals surface area contributed by atoms with E-state index in [4.69, 9.17) is 15.0 Å². The number of hydrogen-bond donors (Lipinski definition) is 0. The van der Waals surface area contributed by atoms with Gasteiger partial charge in [-0.25, -0.2) is 15.0 Å². The Morgan fingerprint density at radius 1 is 0.277 bits per heavy atom. The molecule has 0 fully saturated rings. The standard InChI is InChI=1S/C45H29N2OP.C41H27N2OP.C37H23N4OP/c48-49(33-12-2-1-3-13-33,35-25-31-19-17-29-10-8-11-30-18-20-32(26-35)43(31)42(29)30)34-22-24-41-39(27-34)46-45-38-23-21-28-9-4-5-14-36(28)44(38)37-15-6-7-16-40(37)47(41)45;44-45(31-15-5-2-6-16-31,32-25-22-29(23-26-32)28-12-3-1-4-13-28)38-21-11-20-37-40(38)42-41-35-27-24-30-14-7-8-17-33(30)39(35)34-18-9-10-19-36(34)43(37)41;42-43(25-9-2-1-3-10-25,26-15-18-31-33(22-26)39-21-20-38-31)27-16-19-32-35(23-27)41-34-13-7-6-12-29(34)36-28-11-5-4-8-24(28)14-17-30(36)37(41)40-32/h1-10,12-27,43H,11H2;1-27H;1-23H. The smallest absolute Gasteiger partial charge is 0.173 e. The molecule has 11 nitrogen and oxygen atoms in total. The van der Waals surface area contributed by atoms with Gasteiger partial charge in [0.1, 0.15) is 22.5 Å². The summed E-state index contributed by atoms with van der Waals surface area (Å²) in [5.74, 6) is 0.191. The number of pyridine rings is 3. The van der Waals surface area contributed by atoms with Gasteiger partial charge in [-0.3, -0.25) is 23.2 Å². The summed E-state index contributed by atoms with van der Waals surface area (Å²) < 4.78 is 54.1. The second-order valence-corrected chi connectivity index (χ2v) is 44.0. The minimum atomic E-state index is -3.32. The van der Waals surface area contributed by atoms with Gasteiger partial charge in [0.2, 0.25) is 0 Å². The first-order chi connectivity index (χ1) is 67.6. The summed E-state index contributed by atoms with van der Waals surface area (Å²) in [6.45, 7) is 0. The van der Waals surface area contributed by atoms with Crippen LogP contribution in [-0.2, 0) is 13.7 Å². The lowest BCUT2D eigenvalue weighted by Crippen LogP contribution is -2.25. The second kappa shape index (κ2) is 31.5. The van der Waals surface area contributed by atoms with Crippen molar-refractivity contribution in [3.8, 4) is 11.1 Å². The third-order valence-corrected chi connectivity index (χ3v) is 37.6. The highest BCUT2D eigenvalue weighted by atomic mass is 31.2. The maximum atomic E-state index is 16.0. The Labute approximate surface area is 786 Å². The number of aromatic nitrogens is 8. The summed E-state index contributed by atoms with van der Waals surface area (Å²) in [5.41, 5.74) is 21.5. The highest BCUT2D eigenvalue weighted by Gasteiger charge is 2.41. The fourth-order valence-corrected chi connectivity index (χ4v) is 30.4. The SMILES string of the molecule is O=P(C1=CC2=CC=C3CC=CC4=C3C2C(=C1)C=C4)(c1ccccc1)c1ccc2c(c1)nc1c3ccc4ccccc4c3c3ccccc3n21.O=P(c1ccccc1)(c1ccc(-c2ccccc2)cc1)c1cccc2c1nc1c3ccc4ccccc4c3c3ccccc3n21.O=P(c1ccccc1)(c1ccc2nccnc2c1)c1ccc2nc3c4ccc5ccccc5c4c4ccccc4n3c2c1. The predicted molar refractivity (Wildman–Crippen MR) is 572 cm³/mol. The molecule has 0 bridgehead atoms. The highest BCUT2D eigenvalue weighted by Crippen LogP contribution is 2.59. The van der Waals surface area contributed by atoms with Crippen LogP contribution >= 0.6 is 21.4 Å². The molecule has 0 N–H and O–H groups in total. The van der Waals surface area contributed by atoms with E-state index in [0.29, 0.717) is 0 Å². The average molecular weight is 1810 g/mol. The fraction of sp³-hybridized carbons (Fsp3) is 0.0163. The van der Waals surface area contributed by atoms with Crippen molar-refractivity contribution in [3.63, 3.8) is 0 Å². The van der Waals surface area contributed by atoms with Crippen molar-refractivity contribution in [1.29, 1.82) is 0 Å². The van der Waals surface area contributed by atoms with Crippen LogP contribution in [0.2, 0.25) is 0 Å². The Hall–Kier alpha value is -16.6. The Morgan fingerprint density at radius 3 is 1.31 bits per heavy atom. The molecule has 4 atom stereocenters. The maximum Gasteiger partial charge on any atom is 0.173 e. The second-order valence-electron chi connectivity index (χ2n) is 35.8. The molecule has 644 valence electrons. The van der Waals surface area contributed by atoms with Crippen molar-refractivity contribution in [2.75, 3.05) is 0 Å². The summed E-state index contributed by atoms with van der Waals surface area (Å²) in [5, 5.41) is 24.7. The molecule has 0 saturated carbocycles. The van der Waals surface area contributed by atoms with Crippen LogP contribution in [0, 0.1) is 5.92 Å². The van der Waals surface area contributed by atoms with Crippen molar-refractivity contribution >= 4 is 222 Å². The molecule has 18 aromatic carbocycles. The average Bonchev–Trinajstić information content (AvgIpc) is 1.72. The van der Waals surface area contributed by atoms with Gasteiger partial charge >= 0.3 is 0 Å². The lowest BCUT2D eigenvalue weighted by molar-refractivity contribution is 0.590. The van der Waals surface area contributed by atoms with Crippen LogP contribution in [0.1, 0.15) is 6.42 Å². The van der Waals surface area contributed by atoms with E-state index in [0.717, 1.165) is 164 Å². The molecule has 4 aliphatic carbocycles. The summed E-state index contributed by atoms with van der Waals surface area (Å²) in [6.07, 6.45) is 22.2. The molecule has 4 aliphatic rings. The number of para-hydroxylation sites is 4. The highest BCUT2D eigenvalue weighted by molar-refractivity contribution is 7.86. The van der Waals surface area contributed by atoms with Gasteiger partial charge in [0.05, 0.1) is 55.2 Å². The van der Waals surface area contributed by atoms with E-state index in [9.17, 15) is 0 Å². The van der Waals surface area contributed by atoms with Gasteiger partial charge in [-0.1, -0.05) is 334 Å².